The molecule has 6 heteroatoms. The molecule has 0 saturated heterocycles. The number of urea groups is 1. The quantitative estimate of drug-likeness (QED) is 0.604. The average Bonchev–Trinajstić information content (AvgIpc) is 2.23. The summed E-state index contributed by atoms with van der Waals surface area (Å²) in [5, 5.41) is 14.0. The van der Waals surface area contributed by atoms with Gasteiger partial charge < -0.3 is 20.6 Å². The van der Waals surface area contributed by atoms with E-state index in [4.69, 9.17) is 5.11 Å². The SMILES string of the molecule is CCN(CC)CC(C)NC(=O)NC(C)CC(=O)O. The van der Waals surface area contributed by atoms with E-state index in [1.165, 1.54) is 0 Å². The van der Waals surface area contributed by atoms with E-state index in [0.717, 1.165) is 19.6 Å². The van der Waals surface area contributed by atoms with Crippen molar-refractivity contribution in [1.29, 1.82) is 0 Å². The minimum atomic E-state index is -0.918. The Morgan fingerprint density at radius 1 is 1.11 bits per heavy atom. The summed E-state index contributed by atoms with van der Waals surface area (Å²) in [5.74, 6) is -0.918. The van der Waals surface area contributed by atoms with E-state index >= 15 is 0 Å². The topological polar surface area (TPSA) is 81.7 Å². The predicted molar refractivity (Wildman–Crippen MR) is 70.6 cm³/mol. The Morgan fingerprint density at radius 2 is 1.61 bits per heavy atom. The van der Waals surface area contributed by atoms with E-state index in [9.17, 15) is 9.59 Å². The molecule has 0 bridgehead atoms. The number of carbonyl (C=O) groups excluding carboxylic acids is 1. The summed E-state index contributed by atoms with van der Waals surface area (Å²) in [6.45, 7) is 10.4. The van der Waals surface area contributed by atoms with E-state index in [1.807, 2.05) is 6.92 Å². The molecular formula is C12H25N3O3. The van der Waals surface area contributed by atoms with Gasteiger partial charge in [0, 0.05) is 18.6 Å². The number of likely N-dealkylation sites (N-methyl/N-ethyl adjacent to an activating group) is 1. The molecule has 0 aliphatic heterocycles. The van der Waals surface area contributed by atoms with Crippen LogP contribution in [0.15, 0.2) is 0 Å². The fourth-order valence-corrected chi connectivity index (χ4v) is 1.72. The van der Waals surface area contributed by atoms with Gasteiger partial charge >= 0.3 is 12.0 Å². The second-order valence-electron chi connectivity index (χ2n) is 4.50. The highest BCUT2D eigenvalue weighted by atomic mass is 16.4. The van der Waals surface area contributed by atoms with Crippen molar-refractivity contribution in [2.75, 3.05) is 19.6 Å². The van der Waals surface area contributed by atoms with Crippen molar-refractivity contribution >= 4 is 12.0 Å². The zero-order valence-electron chi connectivity index (χ0n) is 11.7. The van der Waals surface area contributed by atoms with Gasteiger partial charge in [0.05, 0.1) is 6.42 Å². The number of hydrogen-bond acceptors (Lipinski definition) is 3. The second kappa shape index (κ2) is 8.74. The molecule has 6 nitrogen and oxygen atoms in total. The van der Waals surface area contributed by atoms with Gasteiger partial charge in [-0.15, -0.1) is 0 Å². The van der Waals surface area contributed by atoms with Gasteiger partial charge in [-0.3, -0.25) is 4.79 Å². The summed E-state index contributed by atoms with van der Waals surface area (Å²) in [4.78, 5) is 24.2. The van der Waals surface area contributed by atoms with E-state index in [-0.39, 0.29) is 24.5 Å². The molecule has 0 saturated carbocycles. The fraction of sp³-hybridized carbons (Fsp3) is 0.833. The van der Waals surface area contributed by atoms with E-state index in [2.05, 4.69) is 29.4 Å². The number of carboxylic acids is 1. The predicted octanol–water partition coefficient (Wildman–Crippen LogP) is 0.879. The zero-order chi connectivity index (χ0) is 14.1. The number of aliphatic carboxylic acids is 1. The number of nitrogens with zero attached hydrogens (tertiary/aromatic N) is 1. The van der Waals surface area contributed by atoms with Crippen LogP contribution in [0.2, 0.25) is 0 Å². The fourth-order valence-electron chi connectivity index (χ4n) is 1.72. The van der Waals surface area contributed by atoms with Crippen molar-refractivity contribution in [3.8, 4) is 0 Å². The standard InChI is InChI=1S/C12H25N3O3/c1-5-15(6-2)8-10(4)14-12(18)13-9(3)7-11(16)17/h9-10H,5-8H2,1-4H3,(H,16,17)(H2,13,14,18). The number of nitrogens with one attached hydrogen (secondary N) is 2. The molecule has 0 spiro atoms. The smallest absolute Gasteiger partial charge is 0.315 e. The molecule has 0 fully saturated rings. The Balaban J connectivity index is 3.96. The highest BCUT2D eigenvalue weighted by Gasteiger charge is 2.13. The molecule has 2 atom stereocenters. The van der Waals surface area contributed by atoms with Crippen LogP contribution in [0.4, 0.5) is 4.79 Å². The summed E-state index contributed by atoms with van der Waals surface area (Å²) >= 11 is 0. The lowest BCUT2D eigenvalue weighted by Crippen LogP contribution is -2.48. The molecule has 0 aromatic rings. The van der Waals surface area contributed by atoms with Crippen LogP contribution in [-0.4, -0.2) is 53.7 Å². The van der Waals surface area contributed by atoms with Gasteiger partial charge in [0.1, 0.15) is 0 Å². The molecule has 0 aromatic heterocycles. The van der Waals surface area contributed by atoms with Crippen LogP contribution in [0.5, 0.6) is 0 Å². The van der Waals surface area contributed by atoms with Crippen molar-refractivity contribution in [3.05, 3.63) is 0 Å². The molecular weight excluding hydrogens is 234 g/mol. The van der Waals surface area contributed by atoms with Crippen LogP contribution in [0.1, 0.15) is 34.1 Å². The van der Waals surface area contributed by atoms with E-state index in [1.54, 1.807) is 6.92 Å². The minimum absolute atomic E-state index is 0.0296. The lowest BCUT2D eigenvalue weighted by Gasteiger charge is -2.24. The van der Waals surface area contributed by atoms with Crippen molar-refractivity contribution < 1.29 is 14.7 Å². The Kier molecular flexibility index (Phi) is 8.11. The molecule has 0 heterocycles. The summed E-state index contributed by atoms with van der Waals surface area (Å²) in [5.41, 5.74) is 0. The van der Waals surface area contributed by atoms with Crippen molar-refractivity contribution in [3.63, 3.8) is 0 Å². The third-order valence-electron chi connectivity index (χ3n) is 2.66. The molecule has 18 heavy (non-hydrogen) atoms. The zero-order valence-corrected chi connectivity index (χ0v) is 11.7. The Labute approximate surface area is 109 Å². The van der Waals surface area contributed by atoms with E-state index < -0.39 is 5.97 Å². The number of amides is 2. The number of rotatable bonds is 8. The molecule has 0 radical (unpaired) electrons. The van der Waals surface area contributed by atoms with Crippen molar-refractivity contribution in [2.45, 2.75) is 46.2 Å². The first-order valence-electron chi connectivity index (χ1n) is 6.40. The maximum absolute atomic E-state index is 11.6. The third kappa shape index (κ3) is 7.89. The lowest BCUT2D eigenvalue weighted by molar-refractivity contribution is -0.137. The minimum Gasteiger partial charge on any atom is -0.481 e. The average molecular weight is 259 g/mol. The van der Waals surface area contributed by atoms with Crippen LogP contribution in [0.25, 0.3) is 0 Å². The number of carboxylic acid groups (broad SMARTS) is 1. The summed E-state index contributed by atoms with van der Waals surface area (Å²) in [6, 6.07) is -0.659. The van der Waals surface area contributed by atoms with Crippen LogP contribution in [0.3, 0.4) is 0 Å². The van der Waals surface area contributed by atoms with Crippen LogP contribution in [0, 0.1) is 0 Å². The van der Waals surface area contributed by atoms with Crippen LogP contribution in [-0.2, 0) is 4.79 Å². The van der Waals surface area contributed by atoms with Crippen LogP contribution >= 0.6 is 0 Å². The number of carbonyl (C=O) groups is 2. The molecule has 2 unspecified atom stereocenters. The first kappa shape index (κ1) is 16.7. The van der Waals surface area contributed by atoms with Gasteiger partial charge in [0.2, 0.25) is 0 Å². The van der Waals surface area contributed by atoms with Gasteiger partial charge in [-0.25, -0.2) is 4.79 Å². The maximum atomic E-state index is 11.6. The largest absolute Gasteiger partial charge is 0.481 e. The van der Waals surface area contributed by atoms with Crippen molar-refractivity contribution in [2.24, 2.45) is 0 Å². The molecule has 3 N–H and O–H groups in total. The highest BCUT2D eigenvalue weighted by molar-refractivity contribution is 5.75. The first-order chi connectivity index (χ1) is 8.38. The lowest BCUT2D eigenvalue weighted by atomic mass is 10.2. The molecule has 106 valence electrons. The summed E-state index contributed by atoms with van der Waals surface area (Å²) in [7, 11) is 0. The summed E-state index contributed by atoms with van der Waals surface area (Å²) in [6.07, 6.45) is -0.0716. The monoisotopic (exact) mass is 259 g/mol. The Morgan fingerprint density at radius 3 is 2.06 bits per heavy atom. The molecule has 0 aliphatic rings. The van der Waals surface area contributed by atoms with Gasteiger partial charge in [0.15, 0.2) is 0 Å². The van der Waals surface area contributed by atoms with E-state index in [0.29, 0.717) is 0 Å². The Hall–Kier alpha value is -1.30. The molecule has 0 aromatic carbocycles. The molecule has 2 amide bonds. The van der Waals surface area contributed by atoms with Gasteiger partial charge in [-0.1, -0.05) is 13.8 Å². The third-order valence-corrected chi connectivity index (χ3v) is 2.66. The normalized spacial score (nSPS) is 14.1. The van der Waals surface area contributed by atoms with Crippen LogP contribution < -0.4 is 10.6 Å². The van der Waals surface area contributed by atoms with Gasteiger partial charge in [-0.05, 0) is 26.9 Å². The van der Waals surface area contributed by atoms with Gasteiger partial charge in [0.25, 0.3) is 0 Å². The Bertz CT molecular complexity index is 267. The molecule has 0 aliphatic carbocycles. The van der Waals surface area contributed by atoms with Crippen molar-refractivity contribution in [1.82, 2.24) is 15.5 Å². The summed E-state index contributed by atoms with van der Waals surface area (Å²) < 4.78 is 0. The maximum Gasteiger partial charge on any atom is 0.315 e. The van der Waals surface area contributed by atoms with Gasteiger partial charge in [-0.2, -0.15) is 0 Å². The first-order valence-corrected chi connectivity index (χ1v) is 6.40. The highest BCUT2D eigenvalue weighted by Crippen LogP contribution is 1.93. The second-order valence-corrected chi connectivity index (χ2v) is 4.50. The number of hydrogen-bond donors (Lipinski definition) is 3. The molecule has 0 rings (SSSR count).